The van der Waals surface area contributed by atoms with Crippen LogP contribution in [0.3, 0.4) is 0 Å². The van der Waals surface area contributed by atoms with Gasteiger partial charge in [-0.25, -0.2) is 9.97 Å². The Morgan fingerprint density at radius 1 is 0.814 bits per heavy atom. The lowest BCUT2D eigenvalue weighted by atomic mass is 9.78. The van der Waals surface area contributed by atoms with Crippen molar-refractivity contribution in [2.24, 2.45) is 0 Å². The Morgan fingerprint density at radius 3 is 2.40 bits per heavy atom. The molecule has 0 aliphatic heterocycles. The molecule has 1 atom stereocenters. The minimum Gasteiger partial charge on any atom is -0.324 e. The van der Waals surface area contributed by atoms with Gasteiger partial charge in [-0.3, -0.25) is 4.90 Å². The predicted octanol–water partition coefficient (Wildman–Crippen LogP) is 7.94. The maximum absolute atomic E-state index is 5.01. The highest BCUT2D eigenvalue weighted by Gasteiger charge is 2.27. The Bertz CT molecular complexity index is 1650. The summed E-state index contributed by atoms with van der Waals surface area (Å²) in [4.78, 5) is 14.5. The molecule has 6 rings (SSSR count). The van der Waals surface area contributed by atoms with Gasteiger partial charge < -0.3 is 10.2 Å². The summed E-state index contributed by atoms with van der Waals surface area (Å²) in [5.74, 6) is 0.905. The van der Waals surface area contributed by atoms with Crippen LogP contribution in [0.1, 0.15) is 33.7 Å². The first kappa shape index (κ1) is 29.2. The normalized spacial score (nSPS) is 14.0. The summed E-state index contributed by atoms with van der Waals surface area (Å²) >= 11 is 3.65. The fraction of sp³-hybridized carbons (Fsp3) is 0.243. The summed E-state index contributed by atoms with van der Waals surface area (Å²) in [5, 5.41) is 3.45. The van der Waals surface area contributed by atoms with Crippen molar-refractivity contribution in [2.45, 2.75) is 25.3 Å². The minimum atomic E-state index is 0.280. The van der Waals surface area contributed by atoms with Crippen molar-refractivity contribution >= 4 is 27.6 Å². The van der Waals surface area contributed by atoms with Gasteiger partial charge >= 0.3 is 0 Å². The van der Waals surface area contributed by atoms with Crippen LogP contribution in [-0.4, -0.2) is 53.5 Å². The van der Waals surface area contributed by atoms with Gasteiger partial charge in [-0.05, 0) is 79.0 Å². The molecule has 1 aliphatic rings. The molecule has 0 amide bonds. The zero-order valence-electron chi connectivity index (χ0n) is 24.9. The predicted molar refractivity (Wildman–Crippen MR) is 181 cm³/mol. The van der Waals surface area contributed by atoms with E-state index in [0.717, 1.165) is 54.9 Å². The van der Waals surface area contributed by atoms with E-state index >= 15 is 0 Å². The second-order valence-electron chi connectivity index (χ2n) is 11.6. The smallest absolute Gasteiger partial charge is 0.227 e. The van der Waals surface area contributed by atoms with Crippen LogP contribution in [0.15, 0.2) is 114 Å². The molecule has 0 radical (unpaired) electrons. The van der Waals surface area contributed by atoms with Crippen molar-refractivity contribution in [2.75, 3.05) is 39.0 Å². The van der Waals surface area contributed by atoms with Crippen molar-refractivity contribution in [1.29, 1.82) is 0 Å². The Labute approximate surface area is 263 Å². The fourth-order valence-corrected chi connectivity index (χ4v) is 6.26. The van der Waals surface area contributed by atoms with Crippen molar-refractivity contribution in [1.82, 2.24) is 19.8 Å². The molecule has 4 aromatic carbocycles. The zero-order valence-corrected chi connectivity index (χ0v) is 26.5. The monoisotopic (exact) mass is 631 g/mol. The number of likely N-dealkylation sites (N-methyl/N-ethyl adjacent to an activating group) is 1. The molecule has 1 N–H and O–H groups in total. The molecule has 0 saturated carbocycles. The standard InChI is InChI=1S/C37H38BrN5/c1-42(2)21-22-43(26-28-9-4-3-5-10-28)20-19-27-15-17-32(18-16-27)40-37-39-25-30-24-35(29-11-8-12-31(38)23-29)33-13-6-7-14-34(33)36(30)41-37/h3-18,23,25,35H,19-22,24,26H2,1-2H3,(H,39,40,41). The molecule has 1 unspecified atom stereocenters. The second kappa shape index (κ2) is 13.6. The van der Waals surface area contributed by atoms with Crippen molar-refractivity contribution in [3.8, 4) is 11.3 Å². The van der Waals surface area contributed by atoms with Gasteiger partial charge in [0.15, 0.2) is 0 Å². The van der Waals surface area contributed by atoms with Gasteiger partial charge in [-0.1, -0.05) is 94.8 Å². The number of aromatic nitrogens is 2. The molecule has 0 fully saturated rings. The molecule has 1 aromatic heterocycles. The van der Waals surface area contributed by atoms with E-state index in [1.54, 1.807) is 0 Å². The van der Waals surface area contributed by atoms with Gasteiger partial charge in [0.25, 0.3) is 0 Å². The highest BCUT2D eigenvalue weighted by molar-refractivity contribution is 9.10. The van der Waals surface area contributed by atoms with Crippen LogP contribution in [0.25, 0.3) is 11.3 Å². The lowest BCUT2D eigenvalue weighted by molar-refractivity contribution is 0.236. The van der Waals surface area contributed by atoms with E-state index in [9.17, 15) is 0 Å². The van der Waals surface area contributed by atoms with Gasteiger partial charge in [0.1, 0.15) is 0 Å². The summed E-state index contributed by atoms with van der Waals surface area (Å²) in [7, 11) is 4.27. The molecule has 0 bridgehead atoms. The zero-order chi connectivity index (χ0) is 29.6. The van der Waals surface area contributed by atoms with E-state index in [2.05, 4.69) is 148 Å². The third kappa shape index (κ3) is 7.39. The summed E-state index contributed by atoms with van der Waals surface area (Å²) in [6, 6.07) is 36.7. The number of nitrogens with one attached hydrogen (secondary N) is 1. The Morgan fingerprint density at radius 2 is 1.60 bits per heavy atom. The molecular formula is C37H38BrN5. The Balaban J connectivity index is 1.13. The van der Waals surface area contributed by atoms with Crippen LogP contribution >= 0.6 is 15.9 Å². The van der Waals surface area contributed by atoms with Crippen molar-refractivity contribution in [3.63, 3.8) is 0 Å². The van der Waals surface area contributed by atoms with E-state index in [1.807, 2.05) is 6.20 Å². The van der Waals surface area contributed by atoms with Gasteiger partial charge in [-0.15, -0.1) is 0 Å². The van der Waals surface area contributed by atoms with Crippen LogP contribution in [0.4, 0.5) is 11.6 Å². The van der Waals surface area contributed by atoms with Crippen molar-refractivity contribution < 1.29 is 0 Å². The SMILES string of the molecule is CN(C)CCN(CCc1ccc(Nc2ncc3c(n2)-c2ccccc2C(c2cccc(Br)c2)C3)cc1)Cc1ccccc1. The van der Waals surface area contributed by atoms with Crippen LogP contribution in [-0.2, 0) is 19.4 Å². The van der Waals surface area contributed by atoms with Gasteiger partial charge in [-0.2, -0.15) is 0 Å². The summed E-state index contributed by atoms with van der Waals surface area (Å²) < 4.78 is 1.10. The number of benzene rings is 4. The first-order valence-electron chi connectivity index (χ1n) is 15.0. The lowest BCUT2D eigenvalue weighted by Crippen LogP contribution is -2.33. The second-order valence-corrected chi connectivity index (χ2v) is 12.5. The first-order chi connectivity index (χ1) is 21.0. The number of nitrogens with zero attached hydrogens (tertiary/aromatic N) is 4. The van der Waals surface area contributed by atoms with Crippen LogP contribution in [0.2, 0.25) is 0 Å². The molecule has 5 aromatic rings. The number of rotatable bonds is 11. The quantitative estimate of drug-likeness (QED) is 0.160. The van der Waals surface area contributed by atoms with E-state index in [0.29, 0.717) is 5.95 Å². The highest BCUT2D eigenvalue weighted by atomic mass is 79.9. The van der Waals surface area contributed by atoms with E-state index in [4.69, 9.17) is 9.97 Å². The number of fused-ring (bicyclic) bond motifs is 3. The lowest BCUT2D eigenvalue weighted by Gasteiger charge is -2.27. The number of hydrogen-bond acceptors (Lipinski definition) is 5. The third-order valence-corrected chi connectivity index (χ3v) is 8.66. The Hall–Kier alpha value is -3.84. The number of hydrogen-bond donors (Lipinski definition) is 1. The summed E-state index contributed by atoms with van der Waals surface area (Å²) in [5.41, 5.74) is 9.68. The fourth-order valence-electron chi connectivity index (χ4n) is 5.84. The third-order valence-electron chi connectivity index (χ3n) is 8.17. The van der Waals surface area contributed by atoms with E-state index < -0.39 is 0 Å². The van der Waals surface area contributed by atoms with Gasteiger partial charge in [0, 0.05) is 54.0 Å². The number of halogens is 1. The Kier molecular flexibility index (Phi) is 9.27. The summed E-state index contributed by atoms with van der Waals surface area (Å²) in [6.45, 7) is 4.08. The van der Waals surface area contributed by atoms with Gasteiger partial charge in [0.2, 0.25) is 5.95 Å². The first-order valence-corrected chi connectivity index (χ1v) is 15.8. The molecule has 0 saturated heterocycles. The molecule has 6 heteroatoms. The topological polar surface area (TPSA) is 44.3 Å². The average Bonchev–Trinajstić information content (AvgIpc) is 3.03. The summed E-state index contributed by atoms with van der Waals surface area (Å²) in [6.07, 6.45) is 3.88. The molecular weight excluding hydrogens is 594 g/mol. The highest BCUT2D eigenvalue weighted by Crippen LogP contribution is 2.42. The largest absolute Gasteiger partial charge is 0.324 e. The number of anilines is 2. The minimum absolute atomic E-state index is 0.280. The molecule has 5 nitrogen and oxygen atoms in total. The van der Waals surface area contributed by atoms with E-state index in [-0.39, 0.29) is 5.92 Å². The van der Waals surface area contributed by atoms with Crippen molar-refractivity contribution in [3.05, 3.63) is 142 Å². The maximum atomic E-state index is 5.01. The molecule has 1 aliphatic carbocycles. The van der Waals surface area contributed by atoms with Crippen LogP contribution < -0.4 is 5.32 Å². The molecule has 218 valence electrons. The van der Waals surface area contributed by atoms with Crippen LogP contribution in [0, 0.1) is 0 Å². The molecule has 1 heterocycles. The van der Waals surface area contributed by atoms with Gasteiger partial charge in [0.05, 0.1) is 5.69 Å². The molecule has 0 spiro atoms. The van der Waals surface area contributed by atoms with E-state index in [1.165, 1.54) is 33.4 Å². The average molecular weight is 633 g/mol. The molecule has 43 heavy (non-hydrogen) atoms. The van der Waals surface area contributed by atoms with Crippen LogP contribution in [0.5, 0.6) is 0 Å². The maximum Gasteiger partial charge on any atom is 0.227 e.